The number of carbonyl (C=O) groups excluding carboxylic acids is 2. The van der Waals surface area contributed by atoms with Crippen molar-refractivity contribution in [3.8, 4) is 0 Å². The summed E-state index contributed by atoms with van der Waals surface area (Å²) in [5.74, 6) is 2.47. The minimum atomic E-state index is -0.577. The predicted molar refractivity (Wildman–Crippen MR) is 96.5 cm³/mol. The van der Waals surface area contributed by atoms with Gasteiger partial charge in [0, 0.05) is 16.8 Å². The van der Waals surface area contributed by atoms with Gasteiger partial charge in [0.2, 0.25) is 5.91 Å². The molecule has 2 amide bonds. The van der Waals surface area contributed by atoms with Crippen molar-refractivity contribution >= 4 is 17.5 Å². The Labute approximate surface area is 148 Å². The third kappa shape index (κ3) is 2.26. The molecular weight excluding hydrogens is 312 g/mol. The molecule has 4 bridgehead atoms. The van der Waals surface area contributed by atoms with Gasteiger partial charge in [-0.15, -0.1) is 0 Å². The van der Waals surface area contributed by atoms with Crippen LogP contribution in [0.5, 0.6) is 0 Å². The van der Waals surface area contributed by atoms with Crippen molar-refractivity contribution in [3.05, 3.63) is 29.3 Å². The number of anilines is 1. The Balaban J connectivity index is 1.41. The number of amides is 2. The van der Waals surface area contributed by atoms with Crippen molar-refractivity contribution < 1.29 is 9.59 Å². The van der Waals surface area contributed by atoms with Crippen LogP contribution in [0.4, 0.5) is 5.69 Å². The lowest BCUT2D eigenvalue weighted by atomic mass is 9.53. The molecule has 25 heavy (non-hydrogen) atoms. The van der Waals surface area contributed by atoms with Crippen LogP contribution in [0, 0.1) is 17.8 Å². The summed E-state index contributed by atoms with van der Waals surface area (Å²) in [6, 6.07) is 5.62. The summed E-state index contributed by atoms with van der Waals surface area (Å²) in [7, 11) is 0. The summed E-state index contributed by atoms with van der Waals surface area (Å²) >= 11 is 0. The fraction of sp³-hybridized carbons (Fsp3) is 0.619. The van der Waals surface area contributed by atoms with Gasteiger partial charge in [-0.3, -0.25) is 9.59 Å². The molecule has 1 heterocycles. The van der Waals surface area contributed by atoms with E-state index in [1.807, 2.05) is 32.0 Å². The van der Waals surface area contributed by atoms with Gasteiger partial charge in [0.05, 0.1) is 5.41 Å². The zero-order valence-electron chi connectivity index (χ0n) is 15.0. The highest BCUT2D eigenvalue weighted by molar-refractivity contribution is 6.07. The summed E-state index contributed by atoms with van der Waals surface area (Å²) in [6.07, 6.45) is 7.57. The molecule has 0 atom stereocenters. The molecule has 4 heteroatoms. The molecule has 1 aromatic rings. The lowest BCUT2D eigenvalue weighted by Crippen LogP contribution is -2.59. The van der Waals surface area contributed by atoms with E-state index in [2.05, 4.69) is 10.6 Å². The first-order valence-electron chi connectivity index (χ1n) is 9.63. The number of rotatable bonds is 2. The van der Waals surface area contributed by atoms with Gasteiger partial charge in [-0.25, -0.2) is 0 Å². The molecule has 4 nitrogen and oxygen atoms in total. The Morgan fingerprint density at radius 1 is 1.08 bits per heavy atom. The molecular formula is C21H26N2O2. The SMILES string of the molecule is CC1(C)C(=O)Nc2ccc(C(=O)NC34CC5CC(CC(C5)C3)C4)cc21. The Hall–Kier alpha value is -1.84. The summed E-state index contributed by atoms with van der Waals surface area (Å²) in [5, 5.41) is 6.34. The molecule has 0 unspecified atom stereocenters. The average Bonchev–Trinajstić information content (AvgIpc) is 2.75. The minimum absolute atomic E-state index is 0.00106. The van der Waals surface area contributed by atoms with Gasteiger partial charge in [-0.05, 0) is 93.9 Å². The molecule has 0 aromatic heterocycles. The summed E-state index contributed by atoms with van der Waals surface area (Å²) in [5.41, 5.74) is 1.89. The van der Waals surface area contributed by atoms with Gasteiger partial charge in [-0.1, -0.05) is 0 Å². The van der Waals surface area contributed by atoms with E-state index in [1.165, 1.54) is 19.3 Å². The molecule has 1 aromatic carbocycles. The molecule has 0 spiro atoms. The van der Waals surface area contributed by atoms with E-state index in [-0.39, 0.29) is 17.4 Å². The van der Waals surface area contributed by atoms with E-state index < -0.39 is 5.41 Å². The Kier molecular flexibility index (Phi) is 3.00. The van der Waals surface area contributed by atoms with E-state index in [0.29, 0.717) is 5.56 Å². The largest absolute Gasteiger partial charge is 0.347 e. The number of benzene rings is 1. The lowest BCUT2D eigenvalue weighted by Gasteiger charge is -2.56. The van der Waals surface area contributed by atoms with E-state index >= 15 is 0 Å². The third-order valence-corrected chi connectivity index (χ3v) is 7.19. The molecule has 2 N–H and O–H groups in total. The fourth-order valence-corrected chi connectivity index (χ4v) is 6.29. The van der Waals surface area contributed by atoms with Crippen LogP contribution in [-0.2, 0) is 10.2 Å². The molecule has 0 radical (unpaired) electrons. The third-order valence-electron chi connectivity index (χ3n) is 7.19. The second-order valence-corrected chi connectivity index (χ2v) is 9.49. The van der Waals surface area contributed by atoms with Crippen molar-refractivity contribution in [3.63, 3.8) is 0 Å². The monoisotopic (exact) mass is 338 g/mol. The van der Waals surface area contributed by atoms with Crippen molar-refractivity contribution in [1.82, 2.24) is 5.32 Å². The summed E-state index contributed by atoms with van der Waals surface area (Å²) in [6.45, 7) is 3.82. The lowest BCUT2D eigenvalue weighted by molar-refractivity contribution is -0.119. The van der Waals surface area contributed by atoms with Gasteiger partial charge >= 0.3 is 0 Å². The van der Waals surface area contributed by atoms with Gasteiger partial charge in [-0.2, -0.15) is 0 Å². The van der Waals surface area contributed by atoms with Crippen LogP contribution < -0.4 is 10.6 Å². The Bertz CT molecular complexity index is 745. The zero-order valence-corrected chi connectivity index (χ0v) is 15.0. The van der Waals surface area contributed by atoms with Gasteiger partial charge in [0.15, 0.2) is 0 Å². The maximum atomic E-state index is 13.0. The normalized spacial score (nSPS) is 36.9. The van der Waals surface area contributed by atoms with Crippen LogP contribution in [0.3, 0.4) is 0 Å². The highest BCUT2D eigenvalue weighted by Crippen LogP contribution is 2.55. The maximum absolute atomic E-state index is 13.0. The average molecular weight is 338 g/mol. The molecule has 132 valence electrons. The second-order valence-electron chi connectivity index (χ2n) is 9.49. The number of nitrogens with one attached hydrogen (secondary N) is 2. The van der Waals surface area contributed by atoms with E-state index in [0.717, 1.165) is 48.3 Å². The van der Waals surface area contributed by atoms with Crippen LogP contribution in [0.25, 0.3) is 0 Å². The van der Waals surface area contributed by atoms with Crippen molar-refractivity contribution in [1.29, 1.82) is 0 Å². The Morgan fingerprint density at radius 3 is 2.28 bits per heavy atom. The van der Waals surface area contributed by atoms with E-state index in [9.17, 15) is 9.59 Å². The summed E-state index contributed by atoms with van der Waals surface area (Å²) in [4.78, 5) is 25.1. The molecule has 6 rings (SSSR count). The fourth-order valence-electron chi connectivity index (χ4n) is 6.29. The minimum Gasteiger partial charge on any atom is -0.347 e. The summed E-state index contributed by atoms with van der Waals surface area (Å²) < 4.78 is 0. The maximum Gasteiger partial charge on any atom is 0.251 e. The molecule has 0 saturated heterocycles. The standard InChI is InChI=1S/C21H26N2O2/c1-20(2)16-8-15(3-4-17(16)22-19(20)25)18(24)23-21-9-12-5-13(10-21)7-14(6-12)11-21/h3-4,8,12-14H,5-7,9-11H2,1-2H3,(H,22,25)(H,23,24). The van der Waals surface area contributed by atoms with Crippen LogP contribution in [-0.4, -0.2) is 17.4 Å². The zero-order chi connectivity index (χ0) is 17.4. The number of fused-ring (bicyclic) bond motifs is 1. The molecule has 4 fully saturated rings. The molecule has 4 saturated carbocycles. The molecule has 1 aliphatic heterocycles. The van der Waals surface area contributed by atoms with Crippen LogP contribution in [0.15, 0.2) is 18.2 Å². The molecule has 5 aliphatic rings. The number of hydrogen-bond acceptors (Lipinski definition) is 2. The highest BCUT2D eigenvalue weighted by Gasteiger charge is 2.51. The predicted octanol–water partition coefficient (Wildman–Crippen LogP) is 3.61. The smallest absolute Gasteiger partial charge is 0.251 e. The van der Waals surface area contributed by atoms with Crippen molar-refractivity contribution in [2.75, 3.05) is 5.32 Å². The number of carbonyl (C=O) groups is 2. The van der Waals surface area contributed by atoms with Crippen LogP contribution >= 0.6 is 0 Å². The topological polar surface area (TPSA) is 58.2 Å². The van der Waals surface area contributed by atoms with Gasteiger partial charge in [0.1, 0.15) is 0 Å². The first-order chi connectivity index (χ1) is 11.8. The second kappa shape index (κ2) is 4.87. The number of hydrogen-bond donors (Lipinski definition) is 2. The van der Waals surface area contributed by atoms with E-state index in [1.54, 1.807) is 0 Å². The van der Waals surface area contributed by atoms with Gasteiger partial charge in [0.25, 0.3) is 5.91 Å². The van der Waals surface area contributed by atoms with Crippen molar-refractivity contribution in [2.45, 2.75) is 63.3 Å². The van der Waals surface area contributed by atoms with Crippen molar-refractivity contribution in [2.24, 2.45) is 17.8 Å². The van der Waals surface area contributed by atoms with E-state index in [4.69, 9.17) is 0 Å². The Morgan fingerprint density at radius 2 is 1.68 bits per heavy atom. The van der Waals surface area contributed by atoms with Crippen LogP contribution in [0.1, 0.15) is 68.3 Å². The van der Waals surface area contributed by atoms with Crippen LogP contribution in [0.2, 0.25) is 0 Å². The highest BCUT2D eigenvalue weighted by atomic mass is 16.2. The first-order valence-corrected chi connectivity index (χ1v) is 9.63. The quantitative estimate of drug-likeness (QED) is 0.865. The first kappa shape index (κ1) is 15.4. The van der Waals surface area contributed by atoms with Gasteiger partial charge < -0.3 is 10.6 Å². The molecule has 4 aliphatic carbocycles.